The molecule has 166 valence electrons. The summed E-state index contributed by atoms with van der Waals surface area (Å²) in [6.45, 7) is -0.254. The number of nitrogens with one attached hydrogen (secondary N) is 2. The maximum absolute atomic E-state index is 11.4. The summed E-state index contributed by atoms with van der Waals surface area (Å²) in [6, 6.07) is 16.6. The van der Waals surface area contributed by atoms with Gasteiger partial charge in [0.25, 0.3) is 0 Å². The van der Waals surface area contributed by atoms with Gasteiger partial charge < -0.3 is 31.6 Å². The van der Waals surface area contributed by atoms with Crippen LogP contribution in [0.1, 0.15) is 0 Å². The predicted octanol–water partition coefficient (Wildman–Crippen LogP) is 4.37. The van der Waals surface area contributed by atoms with Crippen LogP contribution in [0.3, 0.4) is 0 Å². The van der Waals surface area contributed by atoms with Crippen LogP contribution < -0.4 is 31.6 Å². The maximum Gasteiger partial charge on any atom is 0.238 e. The Balaban J connectivity index is 1.71. The van der Waals surface area contributed by atoms with Crippen LogP contribution in [0.25, 0.3) is 0 Å². The minimum atomic E-state index is -0.326. The fourth-order valence-electron chi connectivity index (χ4n) is 2.60. The van der Waals surface area contributed by atoms with Gasteiger partial charge in [0.1, 0.15) is 23.0 Å². The molecule has 0 atom stereocenters. The molecule has 3 aromatic rings. The van der Waals surface area contributed by atoms with E-state index in [4.69, 9.17) is 44.1 Å². The molecule has 0 aliphatic carbocycles. The van der Waals surface area contributed by atoms with Crippen molar-refractivity contribution >= 4 is 46.4 Å². The van der Waals surface area contributed by atoms with Crippen molar-refractivity contribution in [3.8, 4) is 23.0 Å². The number of hydrogen-bond acceptors (Lipinski definition) is 6. The number of ether oxygens (including phenoxy) is 2. The van der Waals surface area contributed by atoms with Crippen LogP contribution in [-0.4, -0.2) is 24.9 Å². The van der Waals surface area contributed by atoms with E-state index >= 15 is 0 Å². The number of carbonyl (C=O) groups is 2. The smallest absolute Gasteiger partial charge is 0.238 e. The van der Waals surface area contributed by atoms with Gasteiger partial charge in [-0.25, -0.2) is 0 Å². The van der Waals surface area contributed by atoms with E-state index in [1.807, 2.05) is 0 Å². The molecule has 0 bridgehead atoms. The average molecular weight is 475 g/mol. The molecular weight excluding hydrogens is 455 g/mol. The zero-order chi connectivity index (χ0) is 23.1. The lowest BCUT2D eigenvalue weighted by atomic mass is 10.2. The topological polar surface area (TPSA) is 129 Å². The molecule has 6 N–H and O–H groups in total. The molecule has 0 radical (unpaired) electrons. The predicted molar refractivity (Wildman–Crippen MR) is 125 cm³/mol. The van der Waals surface area contributed by atoms with Gasteiger partial charge in [0.05, 0.1) is 23.1 Å². The standard InChI is InChI=1S/C22H20Cl2N4O4/c23-17-8-13(27-21(29)11-25)4-6-19(17)31-15-2-1-3-16(10-15)32-20-7-5-14(9-18(20)24)28-22(30)12-26/h1-10H,11-12,25-26H2,(H,27,29)(H,28,30). The second-order valence-electron chi connectivity index (χ2n) is 6.47. The van der Waals surface area contributed by atoms with Crippen molar-refractivity contribution < 1.29 is 19.1 Å². The van der Waals surface area contributed by atoms with Gasteiger partial charge in [-0.2, -0.15) is 0 Å². The Bertz CT molecular complexity index is 1060. The summed E-state index contributed by atoms with van der Waals surface area (Å²) in [4.78, 5) is 22.8. The summed E-state index contributed by atoms with van der Waals surface area (Å²) >= 11 is 12.5. The molecule has 0 saturated heterocycles. The van der Waals surface area contributed by atoms with Crippen molar-refractivity contribution in [2.75, 3.05) is 23.7 Å². The van der Waals surface area contributed by atoms with Gasteiger partial charge in [-0.15, -0.1) is 0 Å². The number of halogens is 2. The lowest BCUT2D eigenvalue weighted by Gasteiger charge is -2.12. The van der Waals surface area contributed by atoms with Gasteiger partial charge in [0.15, 0.2) is 0 Å². The van der Waals surface area contributed by atoms with Crippen LogP contribution in [0.15, 0.2) is 60.7 Å². The first-order valence-electron chi connectivity index (χ1n) is 9.42. The van der Waals surface area contributed by atoms with Crippen molar-refractivity contribution in [1.29, 1.82) is 0 Å². The monoisotopic (exact) mass is 474 g/mol. The number of benzene rings is 3. The fraction of sp³-hybridized carbons (Fsp3) is 0.0909. The Labute approximate surface area is 194 Å². The number of nitrogens with two attached hydrogens (primary N) is 2. The SMILES string of the molecule is NCC(=O)Nc1ccc(Oc2cccc(Oc3ccc(NC(=O)CN)cc3Cl)c2)c(Cl)c1. The molecule has 0 heterocycles. The van der Waals surface area contributed by atoms with Crippen molar-refractivity contribution in [3.63, 3.8) is 0 Å². The molecule has 0 aromatic heterocycles. The highest BCUT2D eigenvalue weighted by Crippen LogP contribution is 2.35. The summed E-state index contributed by atoms with van der Waals surface area (Å²) in [7, 11) is 0. The summed E-state index contributed by atoms with van der Waals surface area (Å²) < 4.78 is 11.7. The largest absolute Gasteiger partial charge is 0.456 e. The van der Waals surface area contributed by atoms with E-state index in [2.05, 4.69) is 10.6 Å². The molecule has 3 aromatic carbocycles. The van der Waals surface area contributed by atoms with Crippen molar-refractivity contribution in [2.24, 2.45) is 11.5 Å². The molecule has 32 heavy (non-hydrogen) atoms. The molecule has 0 spiro atoms. The van der Waals surface area contributed by atoms with E-state index in [-0.39, 0.29) is 24.9 Å². The Morgan fingerprint density at radius 2 is 1.16 bits per heavy atom. The van der Waals surface area contributed by atoms with Gasteiger partial charge in [0, 0.05) is 17.4 Å². The second-order valence-corrected chi connectivity index (χ2v) is 7.29. The highest BCUT2D eigenvalue weighted by molar-refractivity contribution is 6.32. The molecule has 2 amide bonds. The minimum Gasteiger partial charge on any atom is -0.456 e. The van der Waals surface area contributed by atoms with Gasteiger partial charge in [-0.05, 0) is 48.5 Å². The van der Waals surface area contributed by atoms with E-state index in [0.717, 1.165) is 0 Å². The Morgan fingerprint density at radius 1 is 0.719 bits per heavy atom. The van der Waals surface area contributed by atoms with Crippen molar-refractivity contribution in [1.82, 2.24) is 0 Å². The third-order valence-corrected chi connectivity index (χ3v) is 4.65. The first kappa shape index (κ1) is 23.4. The molecule has 0 saturated carbocycles. The minimum absolute atomic E-state index is 0.127. The van der Waals surface area contributed by atoms with Crippen LogP contribution in [0.5, 0.6) is 23.0 Å². The highest BCUT2D eigenvalue weighted by atomic mass is 35.5. The molecule has 0 aliphatic heterocycles. The van der Waals surface area contributed by atoms with Crippen LogP contribution >= 0.6 is 23.2 Å². The Kier molecular flexibility index (Phi) is 7.91. The molecule has 0 aliphatic rings. The van der Waals surface area contributed by atoms with Crippen LogP contribution in [0.2, 0.25) is 10.0 Å². The normalized spacial score (nSPS) is 10.4. The zero-order valence-electron chi connectivity index (χ0n) is 16.7. The lowest BCUT2D eigenvalue weighted by Crippen LogP contribution is -2.21. The molecule has 3 rings (SSSR count). The van der Waals surface area contributed by atoms with Crippen molar-refractivity contribution in [2.45, 2.75) is 0 Å². The average Bonchev–Trinajstić information content (AvgIpc) is 2.77. The van der Waals surface area contributed by atoms with Crippen LogP contribution in [-0.2, 0) is 9.59 Å². The first-order valence-corrected chi connectivity index (χ1v) is 10.2. The van der Waals surface area contributed by atoms with Gasteiger partial charge >= 0.3 is 0 Å². The highest BCUT2D eigenvalue weighted by Gasteiger charge is 2.10. The van der Waals surface area contributed by atoms with E-state index in [1.54, 1.807) is 60.7 Å². The third kappa shape index (κ3) is 6.35. The summed E-state index contributed by atoms with van der Waals surface area (Å²) in [6.07, 6.45) is 0. The van der Waals surface area contributed by atoms with Gasteiger partial charge in [-0.3, -0.25) is 9.59 Å². The number of carbonyl (C=O) groups excluding carboxylic acids is 2. The Hall–Kier alpha value is -3.30. The number of anilines is 2. The fourth-order valence-corrected chi connectivity index (χ4v) is 3.04. The van der Waals surface area contributed by atoms with Crippen LogP contribution in [0.4, 0.5) is 11.4 Å². The lowest BCUT2D eigenvalue weighted by molar-refractivity contribution is -0.115. The van der Waals surface area contributed by atoms with Crippen molar-refractivity contribution in [3.05, 3.63) is 70.7 Å². The molecule has 8 nitrogen and oxygen atoms in total. The zero-order valence-corrected chi connectivity index (χ0v) is 18.2. The van der Waals surface area contributed by atoms with E-state index in [0.29, 0.717) is 44.4 Å². The van der Waals surface area contributed by atoms with Gasteiger partial charge in [-0.1, -0.05) is 29.3 Å². The first-order chi connectivity index (χ1) is 15.4. The van der Waals surface area contributed by atoms with E-state index in [9.17, 15) is 9.59 Å². The molecule has 0 fully saturated rings. The molecule has 0 unspecified atom stereocenters. The molecular formula is C22H20Cl2N4O4. The molecule has 10 heteroatoms. The number of rotatable bonds is 8. The third-order valence-electron chi connectivity index (χ3n) is 4.06. The second kappa shape index (κ2) is 10.8. The van der Waals surface area contributed by atoms with E-state index in [1.165, 1.54) is 0 Å². The quantitative estimate of drug-likeness (QED) is 0.383. The number of amides is 2. The Morgan fingerprint density at radius 3 is 1.53 bits per heavy atom. The summed E-state index contributed by atoms with van der Waals surface area (Å²) in [5, 5.41) is 5.85. The summed E-state index contributed by atoms with van der Waals surface area (Å²) in [5.41, 5.74) is 11.6. The maximum atomic E-state index is 11.4. The van der Waals surface area contributed by atoms with E-state index < -0.39 is 0 Å². The van der Waals surface area contributed by atoms with Gasteiger partial charge in [0.2, 0.25) is 11.8 Å². The summed E-state index contributed by atoms with van der Waals surface area (Å²) in [5.74, 6) is 1.10. The number of hydrogen-bond donors (Lipinski definition) is 4. The van der Waals surface area contributed by atoms with Crippen LogP contribution in [0, 0.1) is 0 Å².